The van der Waals surface area contributed by atoms with Gasteiger partial charge in [0.25, 0.3) is 0 Å². The molecule has 1 aromatic heterocycles. The van der Waals surface area contributed by atoms with Crippen LogP contribution < -0.4 is 11.1 Å². The highest BCUT2D eigenvalue weighted by molar-refractivity contribution is 5.08. The molecule has 1 aliphatic heterocycles. The van der Waals surface area contributed by atoms with Crippen molar-refractivity contribution in [3.05, 3.63) is 24.2 Å². The van der Waals surface area contributed by atoms with E-state index < -0.39 is 0 Å². The number of nitrogens with two attached hydrogens (primary N) is 1. The molecule has 12 heavy (non-hydrogen) atoms. The lowest BCUT2D eigenvalue weighted by atomic mass is 9.99. The summed E-state index contributed by atoms with van der Waals surface area (Å²) in [6.07, 6.45) is 2.87. The molecular formula is C9H14N2O. The molecule has 0 aliphatic carbocycles. The van der Waals surface area contributed by atoms with Gasteiger partial charge in [0.05, 0.1) is 12.3 Å². The van der Waals surface area contributed by atoms with Crippen LogP contribution in [0.2, 0.25) is 0 Å². The maximum Gasteiger partial charge on any atom is 0.121 e. The van der Waals surface area contributed by atoms with Crippen molar-refractivity contribution in [2.75, 3.05) is 13.1 Å². The van der Waals surface area contributed by atoms with Crippen molar-refractivity contribution in [3.63, 3.8) is 0 Å². The third kappa shape index (κ3) is 1.26. The molecule has 1 saturated heterocycles. The van der Waals surface area contributed by atoms with Gasteiger partial charge in [-0.1, -0.05) is 0 Å². The van der Waals surface area contributed by atoms with Gasteiger partial charge in [0.2, 0.25) is 0 Å². The summed E-state index contributed by atoms with van der Waals surface area (Å²) in [5.74, 6) is 1.55. The predicted octanol–water partition coefficient (Wildman–Crippen LogP) is 0.889. The zero-order valence-electron chi connectivity index (χ0n) is 6.99. The summed E-state index contributed by atoms with van der Waals surface area (Å²) in [6, 6.07) is 4.26. The molecule has 1 aliphatic rings. The molecule has 2 unspecified atom stereocenters. The van der Waals surface area contributed by atoms with Crippen molar-refractivity contribution in [3.8, 4) is 0 Å². The minimum atomic E-state index is 0.338. The summed E-state index contributed by atoms with van der Waals surface area (Å²) in [6.45, 7) is 1.78. The van der Waals surface area contributed by atoms with E-state index in [1.807, 2.05) is 12.1 Å². The fourth-order valence-electron chi connectivity index (χ4n) is 1.81. The average molecular weight is 166 g/mol. The molecule has 2 atom stereocenters. The van der Waals surface area contributed by atoms with Gasteiger partial charge in [0.1, 0.15) is 5.76 Å². The number of hydrogen-bond donors (Lipinski definition) is 2. The van der Waals surface area contributed by atoms with Crippen molar-refractivity contribution in [1.82, 2.24) is 5.32 Å². The second kappa shape index (κ2) is 3.29. The first-order valence-electron chi connectivity index (χ1n) is 4.38. The van der Waals surface area contributed by atoms with Crippen LogP contribution in [-0.2, 0) is 0 Å². The minimum absolute atomic E-state index is 0.338. The summed E-state index contributed by atoms with van der Waals surface area (Å²) in [7, 11) is 0. The van der Waals surface area contributed by atoms with Crippen molar-refractivity contribution < 1.29 is 4.42 Å². The largest absolute Gasteiger partial charge is 0.468 e. The highest BCUT2D eigenvalue weighted by Crippen LogP contribution is 2.28. The second-order valence-corrected chi connectivity index (χ2v) is 3.23. The molecule has 0 saturated carbocycles. The van der Waals surface area contributed by atoms with Gasteiger partial charge in [-0.05, 0) is 37.6 Å². The van der Waals surface area contributed by atoms with Crippen molar-refractivity contribution in [1.29, 1.82) is 0 Å². The quantitative estimate of drug-likeness (QED) is 0.686. The van der Waals surface area contributed by atoms with E-state index in [9.17, 15) is 0 Å². The van der Waals surface area contributed by atoms with Gasteiger partial charge in [-0.3, -0.25) is 0 Å². The van der Waals surface area contributed by atoms with Crippen LogP contribution in [0.4, 0.5) is 0 Å². The Labute approximate surface area is 71.9 Å². The van der Waals surface area contributed by atoms with Gasteiger partial charge < -0.3 is 15.5 Å². The van der Waals surface area contributed by atoms with E-state index in [2.05, 4.69) is 5.32 Å². The third-order valence-electron chi connectivity index (χ3n) is 2.50. The maximum absolute atomic E-state index is 5.65. The number of furan rings is 1. The minimum Gasteiger partial charge on any atom is -0.468 e. The van der Waals surface area contributed by atoms with E-state index in [0.29, 0.717) is 12.0 Å². The van der Waals surface area contributed by atoms with Crippen LogP contribution in [0.15, 0.2) is 22.8 Å². The lowest BCUT2D eigenvalue weighted by Gasteiger charge is -2.14. The number of hydrogen-bond acceptors (Lipinski definition) is 3. The molecule has 0 aromatic carbocycles. The van der Waals surface area contributed by atoms with E-state index in [4.69, 9.17) is 10.2 Å². The Morgan fingerprint density at radius 1 is 1.67 bits per heavy atom. The molecule has 0 amide bonds. The molecule has 3 nitrogen and oxygen atoms in total. The summed E-state index contributed by atoms with van der Waals surface area (Å²) in [5.41, 5.74) is 5.65. The zero-order chi connectivity index (χ0) is 8.39. The first-order valence-corrected chi connectivity index (χ1v) is 4.38. The van der Waals surface area contributed by atoms with E-state index in [-0.39, 0.29) is 0 Å². The van der Waals surface area contributed by atoms with Crippen molar-refractivity contribution >= 4 is 0 Å². The first-order chi connectivity index (χ1) is 5.92. The smallest absolute Gasteiger partial charge is 0.121 e. The predicted molar refractivity (Wildman–Crippen MR) is 46.6 cm³/mol. The van der Waals surface area contributed by atoms with Crippen LogP contribution >= 0.6 is 0 Å². The Kier molecular flexibility index (Phi) is 2.15. The molecule has 2 rings (SSSR count). The highest BCUT2D eigenvalue weighted by atomic mass is 16.3. The second-order valence-electron chi connectivity index (χ2n) is 3.23. The van der Waals surface area contributed by atoms with Crippen LogP contribution in [0, 0.1) is 5.92 Å². The molecule has 0 spiro atoms. The molecular weight excluding hydrogens is 152 g/mol. The topological polar surface area (TPSA) is 51.2 Å². The third-order valence-corrected chi connectivity index (χ3v) is 2.50. The van der Waals surface area contributed by atoms with Crippen LogP contribution in [0.5, 0.6) is 0 Å². The van der Waals surface area contributed by atoms with Crippen LogP contribution in [0.25, 0.3) is 0 Å². The molecule has 0 radical (unpaired) electrons. The fourth-order valence-corrected chi connectivity index (χ4v) is 1.81. The monoisotopic (exact) mass is 166 g/mol. The van der Waals surface area contributed by atoms with E-state index in [0.717, 1.165) is 25.3 Å². The molecule has 66 valence electrons. The normalized spacial score (nSPS) is 29.4. The van der Waals surface area contributed by atoms with Crippen molar-refractivity contribution in [2.45, 2.75) is 12.5 Å². The van der Waals surface area contributed by atoms with Gasteiger partial charge in [0, 0.05) is 0 Å². The molecule has 2 heterocycles. The Bertz CT molecular complexity index is 233. The van der Waals surface area contributed by atoms with E-state index >= 15 is 0 Å². The Morgan fingerprint density at radius 2 is 2.58 bits per heavy atom. The standard InChI is InChI=1S/C9H14N2O/c10-6-7-3-4-11-9(7)8-2-1-5-12-8/h1-2,5,7,9,11H,3-4,6,10H2. The molecule has 3 heteroatoms. The molecule has 1 fully saturated rings. The van der Waals surface area contributed by atoms with Crippen LogP contribution in [0.1, 0.15) is 18.2 Å². The lowest BCUT2D eigenvalue weighted by molar-refractivity contribution is 0.381. The Balaban J connectivity index is 2.13. The molecule has 3 N–H and O–H groups in total. The zero-order valence-corrected chi connectivity index (χ0v) is 6.99. The van der Waals surface area contributed by atoms with E-state index in [1.165, 1.54) is 0 Å². The fraction of sp³-hybridized carbons (Fsp3) is 0.556. The van der Waals surface area contributed by atoms with Gasteiger partial charge >= 0.3 is 0 Å². The summed E-state index contributed by atoms with van der Waals surface area (Å²) < 4.78 is 5.33. The van der Waals surface area contributed by atoms with Gasteiger partial charge in [-0.25, -0.2) is 0 Å². The Hall–Kier alpha value is -0.800. The summed E-state index contributed by atoms with van der Waals surface area (Å²) in [4.78, 5) is 0. The first kappa shape index (κ1) is 7.83. The van der Waals surface area contributed by atoms with Gasteiger partial charge in [-0.2, -0.15) is 0 Å². The van der Waals surface area contributed by atoms with Crippen LogP contribution in [0.3, 0.4) is 0 Å². The summed E-state index contributed by atoms with van der Waals surface area (Å²) >= 11 is 0. The lowest BCUT2D eigenvalue weighted by Crippen LogP contribution is -2.22. The SMILES string of the molecule is NCC1CCNC1c1ccco1. The van der Waals surface area contributed by atoms with Crippen molar-refractivity contribution in [2.24, 2.45) is 11.7 Å². The number of nitrogens with one attached hydrogen (secondary N) is 1. The molecule has 1 aromatic rings. The summed E-state index contributed by atoms with van der Waals surface area (Å²) in [5, 5.41) is 3.39. The van der Waals surface area contributed by atoms with E-state index in [1.54, 1.807) is 6.26 Å². The van der Waals surface area contributed by atoms with Crippen LogP contribution in [-0.4, -0.2) is 13.1 Å². The highest BCUT2D eigenvalue weighted by Gasteiger charge is 2.28. The molecule has 0 bridgehead atoms. The maximum atomic E-state index is 5.65. The van der Waals surface area contributed by atoms with Gasteiger partial charge in [0.15, 0.2) is 0 Å². The van der Waals surface area contributed by atoms with Gasteiger partial charge in [-0.15, -0.1) is 0 Å². The average Bonchev–Trinajstić information content (AvgIpc) is 2.74. The number of rotatable bonds is 2. The Morgan fingerprint density at radius 3 is 3.25 bits per heavy atom.